The minimum Gasteiger partial charge on any atom is -0.448 e. The molecule has 28 heavy (non-hydrogen) atoms. The van der Waals surface area contributed by atoms with E-state index in [4.69, 9.17) is 14.2 Å². The number of ketones is 1. The van der Waals surface area contributed by atoms with Gasteiger partial charge in [0, 0.05) is 25.2 Å². The lowest BCUT2D eigenvalue weighted by Crippen LogP contribution is -2.74. The topological polar surface area (TPSA) is 82.1 Å². The molecule has 0 amide bonds. The smallest absolute Gasteiger partial charge is 0.303 e. The first kappa shape index (κ1) is 20.3. The van der Waals surface area contributed by atoms with Crippen LogP contribution in [0.3, 0.4) is 0 Å². The van der Waals surface area contributed by atoms with Crippen LogP contribution in [0, 0.1) is 16.7 Å². The zero-order chi connectivity index (χ0) is 20.6. The van der Waals surface area contributed by atoms with Gasteiger partial charge in [-0.25, -0.2) is 0 Å². The third-order valence-electron chi connectivity index (χ3n) is 8.60. The lowest BCUT2D eigenvalue weighted by Gasteiger charge is -2.65. The molecule has 158 valence electrons. The summed E-state index contributed by atoms with van der Waals surface area (Å²) in [7, 11) is 0. The van der Waals surface area contributed by atoms with Gasteiger partial charge in [0.2, 0.25) is 0 Å². The maximum atomic E-state index is 13.5. The van der Waals surface area contributed by atoms with Gasteiger partial charge in [-0.3, -0.25) is 9.59 Å². The molecule has 4 aliphatic rings. The van der Waals surface area contributed by atoms with Crippen molar-refractivity contribution < 1.29 is 28.9 Å². The van der Waals surface area contributed by atoms with Crippen molar-refractivity contribution in [2.24, 2.45) is 16.7 Å². The number of carbonyl (C=O) groups is 2. The molecule has 4 rings (SSSR count). The van der Waals surface area contributed by atoms with E-state index >= 15 is 0 Å². The molecule has 0 aromatic rings. The second-order valence-electron chi connectivity index (χ2n) is 10.6. The van der Waals surface area contributed by atoms with Gasteiger partial charge in [-0.1, -0.05) is 27.2 Å². The number of fused-ring (bicyclic) bond motifs is 2. The van der Waals surface area contributed by atoms with E-state index in [1.165, 1.54) is 6.92 Å². The number of ether oxygens (including phenoxy) is 3. The summed E-state index contributed by atoms with van der Waals surface area (Å²) in [5, 5.41) is 9.99. The van der Waals surface area contributed by atoms with Crippen molar-refractivity contribution in [3.8, 4) is 0 Å². The fraction of sp³-hybridized carbons (Fsp3) is 0.909. The third kappa shape index (κ3) is 2.50. The number of hydrogen-bond donors (Lipinski definition) is 1. The van der Waals surface area contributed by atoms with E-state index in [2.05, 4.69) is 20.8 Å². The van der Waals surface area contributed by atoms with Crippen molar-refractivity contribution in [2.75, 3.05) is 6.61 Å². The van der Waals surface area contributed by atoms with Crippen LogP contribution in [0.5, 0.6) is 0 Å². The van der Waals surface area contributed by atoms with Crippen molar-refractivity contribution in [2.45, 2.75) is 103 Å². The van der Waals surface area contributed by atoms with E-state index in [9.17, 15) is 14.7 Å². The quantitative estimate of drug-likeness (QED) is 0.688. The van der Waals surface area contributed by atoms with Gasteiger partial charge in [-0.05, 0) is 43.9 Å². The average molecular weight is 395 g/mol. The van der Waals surface area contributed by atoms with Crippen molar-refractivity contribution in [1.82, 2.24) is 0 Å². The predicted octanol–water partition coefficient (Wildman–Crippen LogP) is 3.14. The van der Waals surface area contributed by atoms with Crippen LogP contribution in [0.4, 0.5) is 0 Å². The van der Waals surface area contributed by atoms with E-state index in [-0.39, 0.29) is 22.5 Å². The number of esters is 1. The Bertz CT molecular complexity index is 703. The molecule has 6 atom stereocenters. The molecule has 2 spiro atoms. The summed E-state index contributed by atoms with van der Waals surface area (Å²) in [6, 6.07) is 0. The zero-order valence-electron chi connectivity index (χ0n) is 17.8. The predicted molar refractivity (Wildman–Crippen MR) is 101 cm³/mol. The molecule has 4 fully saturated rings. The molecule has 0 radical (unpaired) electrons. The van der Waals surface area contributed by atoms with Gasteiger partial charge < -0.3 is 19.3 Å². The molecule has 0 bridgehead atoms. The van der Waals surface area contributed by atoms with Gasteiger partial charge in [0.15, 0.2) is 17.7 Å². The first-order chi connectivity index (χ1) is 12.9. The van der Waals surface area contributed by atoms with Gasteiger partial charge in [0.05, 0.1) is 12.2 Å². The Balaban J connectivity index is 1.86. The summed E-state index contributed by atoms with van der Waals surface area (Å²) in [5.74, 6) is -0.344. The van der Waals surface area contributed by atoms with E-state index < -0.39 is 29.1 Å². The largest absolute Gasteiger partial charge is 0.448 e. The van der Waals surface area contributed by atoms with Crippen molar-refractivity contribution in [3.05, 3.63) is 0 Å². The zero-order valence-corrected chi connectivity index (χ0v) is 17.8. The van der Waals surface area contributed by atoms with Crippen LogP contribution < -0.4 is 0 Å². The minimum atomic E-state index is -1.32. The molecular formula is C22H34O6. The van der Waals surface area contributed by atoms with Gasteiger partial charge in [0.1, 0.15) is 5.60 Å². The van der Waals surface area contributed by atoms with Crippen molar-refractivity contribution in [1.29, 1.82) is 0 Å². The standard InChI is InChI=1S/C22H34O6/c1-14(23)27-20(5)16(24)11-15-18(2,3)7-6-8-19(15,4)22(20)10-9-21(28-22)12-17(25)26-13-21/h15,17,25H,6-13H2,1-5H3/t15-,17-,19-,20-,21-,22-/m0/s1. The normalized spacial score (nSPS) is 50.1. The molecule has 0 aromatic heterocycles. The Morgan fingerprint density at radius 1 is 1.14 bits per heavy atom. The first-order valence-corrected chi connectivity index (χ1v) is 10.6. The van der Waals surface area contributed by atoms with Crippen molar-refractivity contribution in [3.63, 3.8) is 0 Å². The third-order valence-corrected chi connectivity index (χ3v) is 8.60. The number of rotatable bonds is 1. The minimum absolute atomic E-state index is 0.0119. The van der Waals surface area contributed by atoms with E-state index in [1.807, 2.05) is 0 Å². The monoisotopic (exact) mass is 394 g/mol. The highest BCUT2D eigenvalue weighted by Crippen LogP contribution is 2.69. The molecule has 6 heteroatoms. The number of carbonyl (C=O) groups excluding carboxylic acids is 2. The summed E-state index contributed by atoms with van der Waals surface area (Å²) < 4.78 is 18.2. The lowest BCUT2D eigenvalue weighted by molar-refractivity contribution is -0.286. The summed E-state index contributed by atoms with van der Waals surface area (Å²) in [5.41, 5.74) is -3.14. The Hall–Kier alpha value is -0.980. The SMILES string of the molecule is CC(=O)O[C@@]1(C)C(=O)C[C@H]2C(C)(C)CCC[C@]2(C)[C@@]12CC[C@]1(CO[C@H](O)C1)O2. The van der Waals surface area contributed by atoms with Crippen LogP contribution in [0.25, 0.3) is 0 Å². The highest BCUT2D eigenvalue weighted by molar-refractivity contribution is 5.92. The Kier molecular flexibility index (Phi) is 4.36. The highest BCUT2D eigenvalue weighted by atomic mass is 16.7. The first-order valence-electron chi connectivity index (χ1n) is 10.6. The summed E-state index contributed by atoms with van der Waals surface area (Å²) in [4.78, 5) is 25.6. The second kappa shape index (κ2) is 6.02. The number of aliphatic hydroxyl groups is 1. The molecule has 2 saturated carbocycles. The van der Waals surface area contributed by atoms with Gasteiger partial charge in [-0.15, -0.1) is 0 Å². The molecule has 0 unspecified atom stereocenters. The molecule has 2 heterocycles. The lowest BCUT2D eigenvalue weighted by atomic mass is 9.43. The number of Topliss-reactive ketones (excluding diaryl/α,β-unsaturated/α-hetero) is 1. The van der Waals surface area contributed by atoms with Crippen LogP contribution in [0.2, 0.25) is 0 Å². The van der Waals surface area contributed by atoms with Crippen LogP contribution in [0.1, 0.15) is 79.6 Å². The molecule has 0 aromatic carbocycles. The molecule has 6 nitrogen and oxygen atoms in total. The average Bonchev–Trinajstić information content (AvgIpc) is 3.13. The summed E-state index contributed by atoms with van der Waals surface area (Å²) in [6.07, 6.45) is 4.34. The maximum Gasteiger partial charge on any atom is 0.303 e. The Morgan fingerprint density at radius 3 is 2.46 bits per heavy atom. The highest BCUT2D eigenvalue weighted by Gasteiger charge is 2.76. The van der Waals surface area contributed by atoms with E-state index in [1.54, 1.807) is 6.92 Å². The Morgan fingerprint density at radius 2 is 1.86 bits per heavy atom. The van der Waals surface area contributed by atoms with Crippen LogP contribution in [0.15, 0.2) is 0 Å². The second-order valence-corrected chi connectivity index (χ2v) is 10.6. The molecular weight excluding hydrogens is 360 g/mol. The van der Waals surface area contributed by atoms with Crippen LogP contribution in [-0.4, -0.2) is 46.6 Å². The van der Waals surface area contributed by atoms with Gasteiger partial charge in [-0.2, -0.15) is 0 Å². The summed E-state index contributed by atoms with van der Waals surface area (Å²) in [6.45, 7) is 10.2. The molecule has 2 saturated heterocycles. The van der Waals surface area contributed by atoms with Crippen LogP contribution >= 0.6 is 0 Å². The number of hydrogen-bond acceptors (Lipinski definition) is 6. The molecule has 2 aliphatic heterocycles. The van der Waals surface area contributed by atoms with E-state index in [0.29, 0.717) is 32.3 Å². The Labute approximate surface area is 167 Å². The fourth-order valence-corrected chi connectivity index (χ4v) is 7.23. The van der Waals surface area contributed by atoms with Crippen LogP contribution in [-0.2, 0) is 23.8 Å². The fourth-order valence-electron chi connectivity index (χ4n) is 7.23. The van der Waals surface area contributed by atoms with Crippen molar-refractivity contribution >= 4 is 11.8 Å². The molecule has 2 aliphatic carbocycles. The van der Waals surface area contributed by atoms with Gasteiger partial charge in [0.25, 0.3) is 0 Å². The van der Waals surface area contributed by atoms with E-state index in [0.717, 1.165) is 19.3 Å². The number of aliphatic hydroxyl groups excluding tert-OH is 1. The molecule has 1 N–H and O–H groups in total. The maximum absolute atomic E-state index is 13.5. The van der Waals surface area contributed by atoms with Gasteiger partial charge >= 0.3 is 5.97 Å². The summed E-state index contributed by atoms with van der Waals surface area (Å²) >= 11 is 0.